The Morgan fingerprint density at radius 2 is 2.08 bits per heavy atom. The Bertz CT molecular complexity index is 884. The predicted octanol–water partition coefficient (Wildman–Crippen LogP) is 2.60. The molecule has 140 valence electrons. The van der Waals surface area contributed by atoms with E-state index in [4.69, 9.17) is 0 Å². The lowest BCUT2D eigenvalue weighted by atomic mass is 10.0. The number of aromatic nitrogens is 2. The van der Waals surface area contributed by atoms with Crippen molar-refractivity contribution in [2.45, 2.75) is 25.8 Å². The summed E-state index contributed by atoms with van der Waals surface area (Å²) in [4.78, 5) is 23.2. The lowest BCUT2D eigenvalue weighted by Crippen LogP contribution is -2.45. The third-order valence-electron chi connectivity index (χ3n) is 4.07. The van der Waals surface area contributed by atoms with E-state index in [2.05, 4.69) is 30.6 Å². The van der Waals surface area contributed by atoms with E-state index in [-0.39, 0.29) is 11.9 Å². The summed E-state index contributed by atoms with van der Waals surface area (Å²) in [6, 6.07) is 4.22. The highest BCUT2D eigenvalue weighted by atomic mass is 32.2. The number of amides is 1. The van der Waals surface area contributed by atoms with Gasteiger partial charge >= 0.3 is 0 Å². The number of anilines is 1. The van der Waals surface area contributed by atoms with Gasteiger partial charge in [0.15, 0.2) is 0 Å². The molecule has 1 aliphatic rings. The van der Waals surface area contributed by atoms with Gasteiger partial charge in [0.25, 0.3) is 5.91 Å². The summed E-state index contributed by atoms with van der Waals surface area (Å²) in [6.07, 6.45) is 6.69. The molecule has 1 N–H and O–H groups in total. The van der Waals surface area contributed by atoms with Crippen LogP contribution < -0.4 is 10.2 Å². The minimum atomic E-state index is -2.27. The van der Waals surface area contributed by atoms with E-state index in [1.165, 1.54) is 11.3 Å². The maximum absolute atomic E-state index is 12.4. The molecule has 3 rings (SSSR count). The van der Waals surface area contributed by atoms with Crippen LogP contribution in [0.25, 0.3) is 0 Å². The van der Waals surface area contributed by atoms with Gasteiger partial charge in [-0.05, 0) is 31.4 Å². The van der Waals surface area contributed by atoms with Crippen LogP contribution in [0.2, 0.25) is 0 Å². The van der Waals surface area contributed by atoms with Crippen LogP contribution in [0.5, 0.6) is 0 Å². The number of rotatable bonds is 4. The fourth-order valence-corrected chi connectivity index (χ4v) is 4.41. The Labute approximate surface area is 158 Å². The molecule has 0 spiro atoms. The maximum Gasteiger partial charge on any atom is 0.271 e. The SMILES string of the molecule is Cc1ccc(N2CCC(NC(=O)c3csc(N=S(C)(C)=O)n3)CC2)nc1. The summed E-state index contributed by atoms with van der Waals surface area (Å²) < 4.78 is 15.7. The van der Waals surface area contributed by atoms with Crippen LogP contribution in [0.3, 0.4) is 0 Å². The number of pyridine rings is 1. The molecular weight excluding hydrogens is 370 g/mol. The average Bonchev–Trinajstić information content (AvgIpc) is 3.03. The monoisotopic (exact) mass is 393 g/mol. The molecule has 0 unspecified atom stereocenters. The molecule has 2 aromatic heterocycles. The van der Waals surface area contributed by atoms with Gasteiger partial charge in [0.1, 0.15) is 11.5 Å². The fraction of sp³-hybridized carbons (Fsp3) is 0.471. The van der Waals surface area contributed by atoms with Crippen LogP contribution >= 0.6 is 11.3 Å². The molecule has 2 aromatic rings. The van der Waals surface area contributed by atoms with Crippen LogP contribution in [0.4, 0.5) is 10.9 Å². The summed E-state index contributed by atoms with van der Waals surface area (Å²) in [5.41, 5.74) is 1.48. The number of hydrogen-bond donors (Lipinski definition) is 1. The first-order chi connectivity index (χ1) is 12.3. The highest BCUT2D eigenvalue weighted by Crippen LogP contribution is 2.21. The van der Waals surface area contributed by atoms with Gasteiger partial charge in [-0.25, -0.2) is 14.2 Å². The minimum absolute atomic E-state index is 0.118. The number of carbonyl (C=O) groups is 1. The van der Waals surface area contributed by atoms with E-state index < -0.39 is 9.73 Å². The Morgan fingerprint density at radius 3 is 2.69 bits per heavy atom. The summed E-state index contributed by atoms with van der Waals surface area (Å²) in [5.74, 6) is 0.780. The highest BCUT2D eigenvalue weighted by Gasteiger charge is 2.22. The molecule has 0 aliphatic carbocycles. The summed E-state index contributed by atoms with van der Waals surface area (Å²) in [7, 11) is -2.27. The summed E-state index contributed by atoms with van der Waals surface area (Å²) in [5, 5.41) is 5.08. The van der Waals surface area contributed by atoms with Crippen LogP contribution in [0.15, 0.2) is 28.1 Å². The van der Waals surface area contributed by atoms with Gasteiger partial charge < -0.3 is 10.2 Å². The van der Waals surface area contributed by atoms with Crippen molar-refractivity contribution in [3.05, 3.63) is 35.0 Å². The number of piperidine rings is 1. The average molecular weight is 394 g/mol. The smallest absolute Gasteiger partial charge is 0.271 e. The van der Waals surface area contributed by atoms with Crippen molar-refractivity contribution in [2.24, 2.45) is 4.36 Å². The lowest BCUT2D eigenvalue weighted by molar-refractivity contribution is 0.0927. The zero-order chi connectivity index (χ0) is 18.7. The van der Waals surface area contributed by atoms with E-state index in [1.807, 2.05) is 19.2 Å². The van der Waals surface area contributed by atoms with E-state index in [0.717, 1.165) is 37.3 Å². The molecule has 3 heterocycles. The van der Waals surface area contributed by atoms with Crippen molar-refractivity contribution in [3.63, 3.8) is 0 Å². The molecular formula is C17H23N5O2S2. The normalized spacial score (nSPS) is 15.7. The van der Waals surface area contributed by atoms with Gasteiger partial charge in [0.2, 0.25) is 5.13 Å². The summed E-state index contributed by atoms with van der Waals surface area (Å²) >= 11 is 1.23. The van der Waals surface area contributed by atoms with E-state index >= 15 is 0 Å². The Morgan fingerprint density at radius 1 is 1.35 bits per heavy atom. The first kappa shape index (κ1) is 18.8. The predicted molar refractivity (Wildman–Crippen MR) is 106 cm³/mol. The third-order valence-corrected chi connectivity index (χ3v) is 5.54. The molecule has 26 heavy (non-hydrogen) atoms. The van der Waals surface area contributed by atoms with E-state index in [9.17, 15) is 9.00 Å². The number of carbonyl (C=O) groups excluding carboxylic acids is 1. The number of hydrogen-bond acceptors (Lipinski definition) is 7. The van der Waals surface area contributed by atoms with Crippen LogP contribution in [0, 0.1) is 6.92 Å². The van der Waals surface area contributed by atoms with Gasteiger partial charge in [-0.2, -0.15) is 4.36 Å². The van der Waals surface area contributed by atoms with Crippen LogP contribution in [0.1, 0.15) is 28.9 Å². The minimum Gasteiger partial charge on any atom is -0.356 e. The molecule has 0 radical (unpaired) electrons. The van der Waals surface area contributed by atoms with Gasteiger partial charge in [0.05, 0.1) is 0 Å². The highest BCUT2D eigenvalue weighted by molar-refractivity contribution is 7.92. The van der Waals surface area contributed by atoms with Crippen molar-refractivity contribution in [1.29, 1.82) is 0 Å². The van der Waals surface area contributed by atoms with Gasteiger partial charge in [-0.3, -0.25) is 4.79 Å². The molecule has 0 atom stereocenters. The molecule has 9 heteroatoms. The third kappa shape index (κ3) is 5.01. The molecule has 1 saturated heterocycles. The molecule has 1 fully saturated rings. The van der Waals surface area contributed by atoms with Crippen LogP contribution in [-0.2, 0) is 9.73 Å². The Hall–Kier alpha value is -2.00. The number of nitrogens with zero attached hydrogens (tertiary/aromatic N) is 4. The number of nitrogens with one attached hydrogen (secondary N) is 1. The quantitative estimate of drug-likeness (QED) is 0.863. The topological polar surface area (TPSA) is 87.5 Å². The van der Waals surface area contributed by atoms with E-state index in [1.54, 1.807) is 17.9 Å². The standard InChI is InChI=1S/C17H23N5O2S2/c1-12-4-5-15(18-10-12)22-8-6-13(7-9-22)19-16(23)14-11-25-17(20-14)21-26(2,3)24/h4-5,10-11,13H,6-9H2,1-3H3,(H,19,23). The first-order valence-corrected chi connectivity index (χ1v) is 11.6. The second kappa shape index (κ2) is 7.71. The van der Waals surface area contributed by atoms with Crippen molar-refractivity contribution in [2.75, 3.05) is 30.5 Å². The Kier molecular flexibility index (Phi) is 5.57. The molecule has 0 saturated carbocycles. The maximum atomic E-state index is 12.4. The largest absolute Gasteiger partial charge is 0.356 e. The first-order valence-electron chi connectivity index (χ1n) is 8.41. The van der Waals surface area contributed by atoms with E-state index in [0.29, 0.717) is 10.8 Å². The summed E-state index contributed by atoms with van der Waals surface area (Å²) in [6.45, 7) is 3.73. The zero-order valence-corrected chi connectivity index (χ0v) is 16.8. The van der Waals surface area contributed by atoms with Crippen LogP contribution in [-0.4, -0.2) is 51.7 Å². The second-order valence-corrected chi connectivity index (χ2v) is 10.1. The molecule has 1 aliphatic heterocycles. The van der Waals surface area contributed by atoms with Gasteiger partial charge in [-0.15, -0.1) is 11.3 Å². The van der Waals surface area contributed by atoms with Crippen molar-refractivity contribution >= 4 is 37.9 Å². The number of aryl methyl sites for hydroxylation is 1. The van der Waals surface area contributed by atoms with Gasteiger partial charge in [-0.1, -0.05) is 6.07 Å². The van der Waals surface area contributed by atoms with Crippen molar-refractivity contribution in [3.8, 4) is 0 Å². The second-order valence-electron chi connectivity index (χ2n) is 6.72. The lowest BCUT2D eigenvalue weighted by Gasteiger charge is -2.33. The van der Waals surface area contributed by atoms with Gasteiger partial charge in [0, 0.05) is 52.9 Å². The molecule has 1 amide bonds. The molecule has 7 nitrogen and oxygen atoms in total. The fourth-order valence-electron chi connectivity index (χ4n) is 2.76. The molecule has 0 bridgehead atoms. The number of thiazole rings is 1. The zero-order valence-electron chi connectivity index (χ0n) is 15.1. The Balaban J connectivity index is 1.55. The van der Waals surface area contributed by atoms with Crippen molar-refractivity contribution < 1.29 is 9.00 Å². The van der Waals surface area contributed by atoms with Crippen molar-refractivity contribution in [1.82, 2.24) is 15.3 Å². The molecule has 0 aromatic carbocycles.